The fraction of sp³-hybridized carbons (Fsp3) is 0.375. The number of imide groups is 2. The van der Waals surface area contributed by atoms with Crippen LogP contribution in [-0.2, 0) is 14.4 Å². The molecule has 0 saturated carbocycles. The van der Waals surface area contributed by atoms with E-state index in [0.29, 0.717) is 17.0 Å². The molecule has 0 atom stereocenters. The summed E-state index contributed by atoms with van der Waals surface area (Å²) in [5, 5.41) is 2.62. The summed E-state index contributed by atoms with van der Waals surface area (Å²) in [5.41, 5.74) is 1.48. The number of halogens is 1. The first-order valence-electron chi connectivity index (χ1n) is 7.58. The van der Waals surface area contributed by atoms with Crippen molar-refractivity contribution in [3.63, 3.8) is 0 Å². The van der Waals surface area contributed by atoms with E-state index in [1.54, 1.807) is 18.2 Å². The summed E-state index contributed by atoms with van der Waals surface area (Å²) in [6.45, 7) is 3.49. The van der Waals surface area contributed by atoms with E-state index in [9.17, 15) is 19.2 Å². The van der Waals surface area contributed by atoms with E-state index in [0.717, 1.165) is 21.4 Å². The Labute approximate surface area is 148 Å². The molecule has 1 aromatic carbocycles. The van der Waals surface area contributed by atoms with Crippen molar-refractivity contribution in [1.29, 1.82) is 0 Å². The Balaban J connectivity index is 2.02. The van der Waals surface area contributed by atoms with E-state index < -0.39 is 30.3 Å². The van der Waals surface area contributed by atoms with Crippen molar-refractivity contribution in [2.24, 2.45) is 0 Å². The number of aryl methyl sites for hydroxylation is 1. The number of hydrogen-bond acceptors (Lipinski definition) is 4. The third-order valence-corrected chi connectivity index (χ3v) is 4.50. The SMILES string of the molecule is CCCCN1C(=O)C(=O)N(CC(=O)Nc2ccc(Br)c(C)c2)C1=O. The topological polar surface area (TPSA) is 86.8 Å². The lowest BCUT2D eigenvalue weighted by molar-refractivity contribution is -0.143. The van der Waals surface area contributed by atoms with Gasteiger partial charge in [-0.2, -0.15) is 0 Å². The summed E-state index contributed by atoms with van der Waals surface area (Å²) in [6.07, 6.45) is 1.40. The summed E-state index contributed by atoms with van der Waals surface area (Å²) in [7, 11) is 0. The lowest BCUT2D eigenvalue weighted by Crippen LogP contribution is -2.39. The molecule has 0 spiro atoms. The highest BCUT2D eigenvalue weighted by atomic mass is 79.9. The van der Waals surface area contributed by atoms with Crippen LogP contribution in [0.25, 0.3) is 0 Å². The molecule has 1 aliphatic rings. The van der Waals surface area contributed by atoms with Crippen LogP contribution in [0.5, 0.6) is 0 Å². The van der Waals surface area contributed by atoms with Gasteiger partial charge in [0, 0.05) is 16.7 Å². The van der Waals surface area contributed by atoms with Gasteiger partial charge in [-0.15, -0.1) is 0 Å². The molecule has 0 bridgehead atoms. The second kappa shape index (κ2) is 7.57. The molecule has 1 aliphatic heterocycles. The van der Waals surface area contributed by atoms with E-state index in [4.69, 9.17) is 0 Å². The zero-order chi connectivity index (χ0) is 17.9. The van der Waals surface area contributed by atoms with Crippen LogP contribution in [0.2, 0.25) is 0 Å². The molecule has 0 unspecified atom stereocenters. The summed E-state index contributed by atoms with van der Waals surface area (Å²) in [4.78, 5) is 49.5. The highest BCUT2D eigenvalue weighted by molar-refractivity contribution is 9.10. The molecule has 2 rings (SSSR count). The van der Waals surface area contributed by atoms with Gasteiger partial charge in [0.15, 0.2) is 0 Å². The predicted molar refractivity (Wildman–Crippen MR) is 91.2 cm³/mol. The van der Waals surface area contributed by atoms with E-state index in [2.05, 4.69) is 21.2 Å². The number of rotatable bonds is 6. The minimum Gasteiger partial charge on any atom is -0.325 e. The van der Waals surface area contributed by atoms with Crippen molar-refractivity contribution in [3.05, 3.63) is 28.2 Å². The zero-order valence-corrected chi connectivity index (χ0v) is 15.1. The lowest BCUT2D eigenvalue weighted by atomic mass is 10.2. The Bertz CT molecular complexity index is 705. The van der Waals surface area contributed by atoms with Crippen molar-refractivity contribution >= 4 is 45.4 Å². The van der Waals surface area contributed by atoms with Crippen LogP contribution in [0.1, 0.15) is 25.3 Å². The summed E-state index contributed by atoms with van der Waals surface area (Å²) in [5.74, 6) is -2.37. The molecule has 8 heteroatoms. The van der Waals surface area contributed by atoms with Gasteiger partial charge in [-0.25, -0.2) is 9.69 Å². The van der Waals surface area contributed by atoms with Crippen LogP contribution in [0.3, 0.4) is 0 Å². The maximum absolute atomic E-state index is 12.1. The van der Waals surface area contributed by atoms with Crippen LogP contribution in [-0.4, -0.2) is 46.6 Å². The number of nitrogens with one attached hydrogen (secondary N) is 1. The van der Waals surface area contributed by atoms with Crippen molar-refractivity contribution in [1.82, 2.24) is 9.80 Å². The molecule has 0 radical (unpaired) electrons. The molecular formula is C16H18BrN3O4. The monoisotopic (exact) mass is 395 g/mol. The second-order valence-corrected chi connectivity index (χ2v) is 6.35. The first-order chi connectivity index (χ1) is 11.3. The maximum Gasteiger partial charge on any atom is 0.334 e. The number of anilines is 1. The molecule has 1 saturated heterocycles. The number of unbranched alkanes of at least 4 members (excludes halogenated alkanes) is 1. The second-order valence-electron chi connectivity index (χ2n) is 5.50. The fourth-order valence-corrected chi connectivity index (χ4v) is 2.52. The van der Waals surface area contributed by atoms with Gasteiger partial charge < -0.3 is 5.32 Å². The van der Waals surface area contributed by atoms with Crippen molar-refractivity contribution < 1.29 is 19.2 Å². The van der Waals surface area contributed by atoms with Gasteiger partial charge in [0.05, 0.1) is 0 Å². The number of benzene rings is 1. The van der Waals surface area contributed by atoms with Crippen LogP contribution in [0.4, 0.5) is 10.5 Å². The standard InChI is InChI=1S/C16H18BrN3O4/c1-3-4-7-19-14(22)15(23)20(16(19)24)9-13(21)18-11-5-6-12(17)10(2)8-11/h5-6,8H,3-4,7,9H2,1-2H3,(H,18,21). The summed E-state index contributed by atoms with van der Waals surface area (Å²) < 4.78 is 0.905. The Morgan fingerprint density at radius 3 is 2.46 bits per heavy atom. The fourth-order valence-electron chi connectivity index (χ4n) is 2.27. The van der Waals surface area contributed by atoms with Gasteiger partial charge in [-0.05, 0) is 37.1 Å². The smallest absolute Gasteiger partial charge is 0.325 e. The minimum absolute atomic E-state index is 0.184. The average Bonchev–Trinajstić information content (AvgIpc) is 2.73. The Morgan fingerprint density at radius 1 is 1.17 bits per heavy atom. The van der Waals surface area contributed by atoms with Gasteiger partial charge in [-0.1, -0.05) is 29.3 Å². The molecule has 0 aliphatic carbocycles. The zero-order valence-electron chi connectivity index (χ0n) is 13.5. The van der Waals surface area contributed by atoms with E-state index >= 15 is 0 Å². The normalized spacial score (nSPS) is 14.5. The molecule has 1 heterocycles. The highest BCUT2D eigenvalue weighted by Crippen LogP contribution is 2.20. The van der Waals surface area contributed by atoms with Crippen LogP contribution >= 0.6 is 15.9 Å². The first-order valence-corrected chi connectivity index (χ1v) is 8.37. The van der Waals surface area contributed by atoms with E-state index in [1.807, 2.05) is 13.8 Å². The van der Waals surface area contributed by atoms with Crippen molar-refractivity contribution in [2.45, 2.75) is 26.7 Å². The predicted octanol–water partition coefficient (Wildman–Crippen LogP) is 2.29. The Hall–Kier alpha value is -2.22. The summed E-state index contributed by atoms with van der Waals surface area (Å²) >= 11 is 3.36. The number of amides is 5. The quantitative estimate of drug-likeness (QED) is 0.591. The highest BCUT2D eigenvalue weighted by Gasteiger charge is 2.44. The number of urea groups is 1. The number of carbonyl (C=O) groups excluding carboxylic acids is 4. The van der Waals surface area contributed by atoms with E-state index in [-0.39, 0.29) is 6.54 Å². The number of nitrogens with zero attached hydrogens (tertiary/aromatic N) is 2. The molecule has 1 aromatic rings. The van der Waals surface area contributed by atoms with E-state index in [1.165, 1.54) is 0 Å². The molecule has 7 nitrogen and oxygen atoms in total. The number of carbonyl (C=O) groups is 4. The van der Waals surface area contributed by atoms with Crippen LogP contribution < -0.4 is 5.32 Å². The van der Waals surface area contributed by atoms with Gasteiger partial charge in [0.2, 0.25) is 5.91 Å². The van der Waals surface area contributed by atoms with Crippen LogP contribution in [0, 0.1) is 6.92 Å². The molecule has 5 amide bonds. The molecular weight excluding hydrogens is 378 g/mol. The third-order valence-electron chi connectivity index (χ3n) is 3.61. The van der Waals surface area contributed by atoms with Gasteiger partial charge in [0.25, 0.3) is 0 Å². The minimum atomic E-state index is -0.960. The molecule has 24 heavy (non-hydrogen) atoms. The molecule has 128 valence electrons. The molecule has 1 N–H and O–H groups in total. The number of hydrogen-bond donors (Lipinski definition) is 1. The van der Waals surface area contributed by atoms with Gasteiger partial charge >= 0.3 is 17.8 Å². The Morgan fingerprint density at radius 2 is 1.83 bits per heavy atom. The maximum atomic E-state index is 12.1. The third kappa shape index (κ3) is 3.81. The van der Waals surface area contributed by atoms with Crippen molar-refractivity contribution in [3.8, 4) is 0 Å². The van der Waals surface area contributed by atoms with Crippen LogP contribution in [0.15, 0.2) is 22.7 Å². The lowest BCUT2D eigenvalue weighted by Gasteiger charge is -2.15. The first kappa shape index (κ1) is 18.1. The van der Waals surface area contributed by atoms with Gasteiger partial charge in [0.1, 0.15) is 6.54 Å². The molecule has 0 aromatic heterocycles. The Kier molecular flexibility index (Phi) is 5.71. The van der Waals surface area contributed by atoms with Gasteiger partial charge in [-0.3, -0.25) is 19.3 Å². The summed E-state index contributed by atoms with van der Waals surface area (Å²) in [6, 6.07) is 4.50. The molecule has 1 fully saturated rings. The van der Waals surface area contributed by atoms with Crippen molar-refractivity contribution in [2.75, 3.05) is 18.4 Å². The average molecular weight is 396 g/mol. The largest absolute Gasteiger partial charge is 0.334 e.